The Labute approximate surface area is 231 Å². The van der Waals surface area contributed by atoms with Gasteiger partial charge in [-0.2, -0.15) is 19.4 Å². The van der Waals surface area contributed by atoms with Gasteiger partial charge in [-0.05, 0) is 61.7 Å². The largest absolute Gasteiger partial charge is 0.491 e. The Bertz CT molecular complexity index is 1550. The van der Waals surface area contributed by atoms with Crippen LogP contribution in [0.5, 0.6) is 5.75 Å². The Hall–Kier alpha value is -3.50. The number of ether oxygens (including phenoxy) is 1. The van der Waals surface area contributed by atoms with Crippen molar-refractivity contribution in [2.24, 2.45) is 0 Å². The number of carbonyl (C=O) groups excluding carboxylic acids is 1. The first-order valence-corrected chi connectivity index (χ1v) is 14.0. The lowest BCUT2D eigenvalue weighted by molar-refractivity contribution is 0.0943. The van der Waals surface area contributed by atoms with Crippen molar-refractivity contribution in [1.29, 1.82) is 5.26 Å². The Kier molecular flexibility index (Phi) is 7.90. The summed E-state index contributed by atoms with van der Waals surface area (Å²) in [6.45, 7) is 2.60. The topological polar surface area (TPSA) is 118 Å². The minimum atomic E-state index is -0.473. The summed E-state index contributed by atoms with van der Waals surface area (Å²) in [4.78, 5) is 29.8. The molecule has 0 unspecified atom stereocenters. The standard InChI is InChI=1S/C25H24ClN7O3S2/c1-36-22-21(17-7-11-32(24(34)18(17)13-27)15-31-9-3-2-4-10-31)29-33(25(35)19-8-12-37-30-19)23(22)28-14-16-5-6-20(26)38-16/h5-8,11-12,28H,2-4,9-10,14-15H2,1H3. The fraction of sp³-hybridized carbons (Fsp3) is 0.320. The number of carbonyl (C=O) groups is 1. The minimum absolute atomic E-state index is 0.0647. The molecule has 0 bridgehead atoms. The number of methoxy groups -OCH3 is 1. The second-order valence-corrected chi connectivity index (χ2v) is 11.2. The van der Waals surface area contributed by atoms with E-state index in [1.807, 2.05) is 6.07 Å². The summed E-state index contributed by atoms with van der Waals surface area (Å²) in [5.74, 6) is 0.0479. The molecule has 38 heavy (non-hydrogen) atoms. The summed E-state index contributed by atoms with van der Waals surface area (Å²) in [6, 6.07) is 9.01. The Morgan fingerprint density at radius 1 is 1.24 bits per heavy atom. The number of nitrogens with zero attached hydrogens (tertiary/aromatic N) is 6. The number of hydrogen-bond acceptors (Lipinski definition) is 10. The molecule has 0 radical (unpaired) electrons. The van der Waals surface area contributed by atoms with Crippen molar-refractivity contribution >= 4 is 46.2 Å². The first kappa shape index (κ1) is 26.1. The number of nitriles is 1. The molecule has 0 spiro atoms. The van der Waals surface area contributed by atoms with E-state index in [2.05, 4.69) is 25.8 Å². The van der Waals surface area contributed by atoms with Gasteiger partial charge in [-0.1, -0.05) is 18.0 Å². The van der Waals surface area contributed by atoms with Crippen molar-refractivity contribution in [3.63, 3.8) is 0 Å². The number of likely N-dealkylation sites (tertiary alicyclic amines) is 1. The molecule has 0 atom stereocenters. The third-order valence-electron chi connectivity index (χ3n) is 6.29. The lowest BCUT2D eigenvalue weighted by Gasteiger charge is -2.27. The quantitative estimate of drug-likeness (QED) is 0.329. The van der Waals surface area contributed by atoms with Crippen molar-refractivity contribution in [1.82, 2.24) is 23.6 Å². The van der Waals surface area contributed by atoms with Crippen LogP contribution in [0.4, 0.5) is 5.82 Å². The highest BCUT2D eigenvalue weighted by Gasteiger charge is 2.28. The molecule has 13 heteroatoms. The molecule has 10 nitrogen and oxygen atoms in total. The number of hydrogen-bond donors (Lipinski definition) is 1. The van der Waals surface area contributed by atoms with Gasteiger partial charge in [-0.25, -0.2) is 0 Å². The number of rotatable bonds is 8. The van der Waals surface area contributed by atoms with E-state index in [9.17, 15) is 14.9 Å². The van der Waals surface area contributed by atoms with E-state index in [1.165, 1.54) is 34.1 Å². The highest BCUT2D eigenvalue weighted by atomic mass is 35.5. The lowest BCUT2D eigenvalue weighted by Crippen LogP contribution is -2.36. The van der Waals surface area contributed by atoms with E-state index in [4.69, 9.17) is 16.3 Å². The molecule has 196 valence electrons. The number of pyridine rings is 1. The van der Waals surface area contributed by atoms with Crippen LogP contribution in [0.15, 0.2) is 40.6 Å². The van der Waals surface area contributed by atoms with Crippen LogP contribution in [0.3, 0.4) is 0 Å². The summed E-state index contributed by atoms with van der Waals surface area (Å²) >= 11 is 8.63. The van der Waals surface area contributed by atoms with E-state index < -0.39 is 11.5 Å². The van der Waals surface area contributed by atoms with Gasteiger partial charge >= 0.3 is 0 Å². The summed E-state index contributed by atoms with van der Waals surface area (Å²) < 4.78 is 13.2. The van der Waals surface area contributed by atoms with Crippen LogP contribution in [0.1, 0.15) is 40.2 Å². The summed E-state index contributed by atoms with van der Waals surface area (Å²) in [5.41, 5.74) is 0.232. The van der Waals surface area contributed by atoms with Gasteiger partial charge in [-0.3, -0.25) is 14.5 Å². The Balaban J connectivity index is 1.57. The van der Waals surface area contributed by atoms with Crippen molar-refractivity contribution in [3.8, 4) is 23.1 Å². The van der Waals surface area contributed by atoms with Crippen molar-refractivity contribution in [3.05, 3.63) is 66.7 Å². The molecule has 5 heterocycles. The highest BCUT2D eigenvalue weighted by molar-refractivity contribution is 7.16. The SMILES string of the molecule is COc1c(-c2ccn(CN3CCCCC3)c(=O)c2C#N)nn(C(=O)c2ccsn2)c1NCc1ccc(Cl)s1. The maximum atomic E-state index is 13.3. The zero-order valence-electron chi connectivity index (χ0n) is 20.5. The number of nitrogens with one attached hydrogen (secondary N) is 1. The third-order valence-corrected chi connectivity index (χ3v) is 8.08. The molecule has 0 saturated carbocycles. The van der Waals surface area contributed by atoms with E-state index >= 15 is 0 Å². The monoisotopic (exact) mass is 569 g/mol. The van der Waals surface area contributed by atoms with Gasteiger partial charge in [-0.15, -0.1) is 11.3 Å². The average Bonchev–Trinajstić information content (AvgIpc) is 3.69. The summed E-state index contributed by atoms with van der Waals surface area (Å²) in [6.07, 6.45) is 5.03. The number of halogens is 1. The summed E-state index contributed by atoms with van der Waals surface area (Å²) in [7, 11) is 1.45. The second kappa shape index (κ2) is 11.5. The van der Waals surface area contributed by atoms with Crippen LogP contribution in [0, 0.1) is 11.3 Å². The number of thiophene rings is 1. The predicted molar refractivity (Wildman–Crippen MR) is 147 cm³/mol. The molecule has 0 aromatic carbocycles. The van der Waals surface area contributed by atoms with Crippen LogP contribution >= 0.6 is 34.5 Å². The van der Waals surface area contributed by atoms with E-state index in [0.717, 1.165) is 42.3 Å². The minimum Gasteiger partial charge on any atom is -0.491 e. The van der Waals surface area contributed by atoms with Crippen LogP contribution in [0.2, 0.25) is 4.34 Å². The molecule has 4 aromatic heterocycles. The van der Waals surface area contributed by atoms with Crippen LogP contribution in [0.25, 0.3) is 11.3 Å². The fourth-order valence-electron chi connectivity index (χ4n) is 4.43. The number of anilines is 1. The van der Waals surface area contributed by atoms with Crippen LogP contribution in [-0.4, -0.2) is 49.7 Å². The van der Waals surface area contributed by atoms with Gasteiger partial charge in [0.2, 0.25) is 0 Å². The molecule has 4 aromatic rings. The van der Waals surface area contributed by atoms with Gasteiger partial charge in [0, 0.05) is 22.0 Å². The normalized spacial score (nSPS) is 13.8. The zero-order valence-corrected chi connectivity index (χ0v) is 22.9. The Morgan fingerprint density at radius 3 is 2.71 bits per heavy atom. The molecular weight excluding hydrogens is 546 g/mol. The second-order valence-electron chi connectivity index (χ2n) is 8.70. The number of piperidine rings is 1. The highest BCUT2D eigenvalue weighted by Crippen LogP contribution is 2.38. The molecule has 0 amide bonds. The maximum absolute atomic E-state index is 13.3. The van der Waals surface area contributed by atoms with E-state index in [1.54, 1.807) is 29.8 Å². The van der Waals surface area contributed by atoms with Gasteiger partial charge in [0.05, 0.1) is 24.7 Å². The molecule has 1 aliphatic rings. The maximum Gasteiger partial charge on any atom is 0.299 e. The first-order valence-electron chi connectivity index (χ1n) is 12.0. The Morgan fingerprint density at radius 2 is 2.05 bits per heavy atom. The molecule has 1 N–H and O–H groups in total. The molecule has 1 fully saturated rings. The van der Waals surface area contributed by atoms with Crippen LogP contribution < -0.4 is 15.6 Å². The smallest absolute Gasteiger partial charge is 0.299 e. The average molecular weight is 570 g/mol. The molecule has 0 aliphatic carbocycles. The van der Waals surface area contributed by atoms with Crippen LogP contribution in [-0.2, 0) is 13.2 Å². The summed E-state index contributed by atoms with van der Waals surface area (Å²) in [5, 5.41) is 19.4. The third kappa shape index (κ3) is 5.23. The predicted octanol–water partition coefficient (Wildman–Crippen LogP) is 4.51. The first-order chi connectivity index (χ1) is 18.5. The van der Waals surface area contributed by atoms with Gasteiger partial charge in [0.25, 0.3) is 11.5 Å². The van der Waals surface area contributed by atoms with Crippen molar-refractivity contribution < 1.29 is 9.53 Å². The van der Waals surface area contributed by atoms with Gasteiger partial charge in [0.15, 0.2) is 11.6 Å². The fourth-order valence-corrected chi connectivity index (χ4v) is 5.96. The molecule has 1 aliphatic heterocycles. The molecular formula is C25H24ClN7O3S2. The van der Waals surface area contributed by atoms with Crippen molar-refractivity contribution in [2.75, 3.05) is 25.5 Å². The zero-order chi connectivity index (χ0) is 26.6. The lowest BCUT2D eigenvalue weighted by atomic mass is 10.1. The van der Waals surface area contributed by atoms with Gasteiger partial charge in [0.1, 0.15) is 23.0 Å². The van der Waals surface area contributed by atoms with Gasteiger partial charge < -0.3 is 14.6 Å². The number of aromatic nitrogens is 4. The van der Waals surface area contributed by atoms with Crippen molar-refractivity contribution in [2.45, 2.75) is 32.5 Å². The van der Waals surface area contributed by atoms with E-state index in [-0.39, 0.29) is 34.1 Å². The molecule has 5 rings (SSSR count). The van der Waals surface area contributed by atoms with E-state index in [0.29, 0.717) is 17.5 Å². The molecule has 1 saturated heterocycles.